The summed E-state index contributed by atoms with van der Waals surface area (Å²) in [5, 5.41) is 5.16. The Hall–Kier alpha value is -4.04. The minimum atomic E-state index is -0.635. The molecule has 2 heterocycles. The van der Waals surface area contributed by atoms with Crippen LogP contribution in [-0.2, 0) is 0 Å². The van der Waals surface area contributed by atoms with Gasteiger partial charge in [-0.05, 0) is 61.4 Å². The maximum absolute atomic E-state index is 13.6. The van der Waals surface area contributed by atoms with E-state index in [0.29, 0.717) is 22.3 Å². The van der Waals surface area contributed by atoms with E-state index < -0.39 is 11.8 Å². The Balaban J connectivity index is 1.33. The maximum Gasteiger partial charge on any atom is 0.323 e. The van der Waals surface area contributed by atoms with E-state index in [2.05, 4.69) is 20.5 Å². The molecule has 0 aliphatic carbocycles. The van der Waals surface area contributed by atoms with Crippen molar-refractivity contribution in [3.05, 3.63) is 88.8 Å². The van der Waals surface area contributed by atoms with Gasteiger partial charge in [0.05, 0.1) is 22.3 Å². The number of rotatable bonds is 5. The molecule has 5 rings (SSSR count). The number of fused-ring (bicyclic) bond motifs is 1. The zero-order chi connectivity index (χ0) is 24.4. The molecule has 3 aromatic carbocycles. The van der Waals surface area contributed by atoms with Gasteiger partial charge < -0.3 is 15.5 Å². The van der Waals surface area contributed by atoms with E-state index in [1.165, 1.54) is 12.1 Å². The van der Waals surface area contributed by atoms with Gasteiger partial charge in [0.2, 0.25) is 0 Å². The average Bonchev–Trinajstić information content (AvgIpc) is 3.40. The van der Waals surface area contributed by atoms with Gasteiger partial charge in [-0.15, -0.1) is 0 Å². The molecule has 2 N–H and O–H groups in total. The lowest BCUT2D eigenvalue weighted by Gasteiger charge is -2.16. The fourth-order valence-corrected chi connectivity index (χ4v) is 4.13. The van der Waals surface area contributed by atoms with E-state index in [0.717, 1.165) is 43.3 Å². The van der Waals surface area contributed by atoms with Crippen LogP contribution in [0.2, 0.25) is 5.02 Å². The predicted molar refractivity (Wildman–Crippen MR) is 135 cm³/mol. The van der Waals surface area contributed by atoms with Gasteiger partial charge in [-0.2, -0.15) is 0 Å². The first-order valence-corrected chi connectivity index (χ1v) is 11.5. The quantitative estimate of drug-likeness (QED) is 0.341. The Morgan fingerprint density at radius 1 is 0.886 bits per heavy atom. The van der Waals surface area contributed by atoms with Gasteiger partial charge in [0, 0.05) is 35.6 Å². The summed E-state index contributed by atoms with van der Waals surface area (Å²) in [5.74, 6) is -0.0221. The number of benzene rings is 3. The zero-order valence-electron chi connectivity index (χ0n) is 18.6. The lowest BCUT2D eigenvalue weighted by molar-refractivity contribution is 0.103. The lowest BCUT2D eigenvalue weighted by Crippen LogP contribution is -2.19. The van der Waals surface area contributed by atoms with Crippen LogP contribution < -0.4 is 15.5 Å². The Morgan fingerprint density at radius 3 is 2.40 bits per heavy atom. The van der Waals surface area contributed by atoms with Crippen molar-refractivity contribution < 1.29 is 14.0 Å². The second kappa shape index (κ2) is 9.68. The highest BCUT2D eigenvalue weighted by molar-refractivity contribution is 6.30. The summed E-state index contributed by atoms with van der Waals surface area (Å²) in [6.45, 7) is 1.91. The first-order valence-electron chi connectivity index (χ1n) is 11.2. The number of urea groups is 1. The molecule has 0 saturated carbocycles. The molecule has 1 aliphatic heterocycles. The molecule has 9 heteroatoms. The first-order chi connectivity index (χ1) is 17.0. The van der Waals surface area contributed by atoms with Crippen LogP contribution in [0.4, 0.5) is 26.4 Å². The summed E-state index contributed by atoms with van der Waals surface area (Å²) < 4.78 is 13.6. The van der Waals surface area contributed by atoms with Crippen molar-refractivity contribution in [1.29, 1.82) is 0 Å². The monoisotopic (exact) mass is 489 g/mol. The predicted octanol–water partition coefficient (Wildman–Crippen LogP) is 5.90. The average molecular weight is 490 g/mol. The molecule has 1 saturated heterocycles. The van der Waals surface area contributed by atoms with Crippen molar-refractivity contribution in [3.63, 3.8) is 0 Å². The van der Waals surface area contributed by atoms with Crippen LogP contribution >= 0.6 is 11.6 Å². The highest BCUT2D eigenvalue weighted by atomic mass is 35.5. The standard InChI is InChI=1S/C26H21ClFN5O2/c27-20-8-7-19(14-21(20)28)31-26(35)30-18-5-3-4-16(12-18)25(34)17-6-9-22-23(13-17)32-24(15-29-22)33-10-1-2-11-33/h3-9,12-15H,1-2,10-11H2,(H2,30,31,35). The second-order valence-corrected chi connectivity index (χ2v) is 8.65. The van der Waals surface area contributed by atoms with Crippen LogP contribution in [0.3, 0.4) is 0 Å². The summed E-state index contributed by atoms with van der Waals surface area (Å²) >= 11 is 5.67. The lowest BCUT2D eigenvalue weighted by atomic mass is 10.0. The summed E-state index contributed by atoms with van der Waals surface area (Å²) in [6, 6.07) is 15.2. The van der Waals surface area contributed by atoms with Crippen molar-refractivity contribution in [3.8, 4) is 0 Å². The molecule has 176 valence electrons. The highest BCUT2D eigenvalue weighted by Gasteiger charge is 2.16. The van der Waals surface area contributed by atoms with Crippen LogP contribution in [0, 0.1) is 5.82 Å². The van der Waals surface area contributed by atoms with Crippen molar-refractivity contribution in [1.82, 2.24) is 9.97 Å². The Labute approximate surface area is 206 Å². The normalized spacial score (nSPS) is 13.1. The number of nitrogens with one attached hydrogen (secondary N) is 2. The third-order valence-electron chi connectivity index (χ3n) is 5.78. The number of amides is 2. The number of anilines is 3. The van der Waals surface area contributed by atoms with Gasteiger partial charge in [-0.1, -0.05) is 23.7 Å². The van der Waals surface area contributed by atoms with Crippen LogP contribution in [0.25, 0.3) is 11.0 Å². The van der Waals surface area contributed by atoms with Crippen molar-refractivity contribution >= 4 is 51.6 Å². The van der Waals surface area contributed by atoms with Gasteiger partial charge >= 0.3 is 6.03 Å². The number of nitrogens with zero attached hydrogens (tertiary/aromatic N) is 3. The third kappa shape index (κ3) is 5.07. The molecule has 0 unspecified atom stereocenters. The Kier molecular flexibility index (Phi) is 6.29. The topological polar surface area (TPSA) is 87.2 Å². The van der Waals surface area contributed by atoms with Gasteiger partial charge in [0.15, 0.2) is 5.78 Å². The molecular formula is C26H21ClFN5O2. The molecule has 0 bridgehead atoms. The highest BCUT2D eigenvalue weighted by Crippen LogP contribution is 2.23. The molecular weight excluding hydrogens is 469 g/mol. The van der Waals surface area contributed by atoms with E-state index in [9.17, 15) is 14.0 Å². The number of aromatic nitrogens is 2. The van der Waals surface area contributed by atoms with Crippen LogP contribution in [0.1, 0.15) is 28.8 Å². The molecule has 1 aliphatic rings. The fourth-order valence-electron chi connectivity index (χ4n) is 4.01. The number of carbonyl (C=O) groups is 2. The summed E-state index contributed by atoms with van der Waals surface area (Å²) in [7, 11) is 0. The van der Waals surface area contributed by atoms with Crippen LogP contribution in [-0.4, -0.2) is 34.9 Å². The largest absolute Gasteiger partial charge is 0.355 e. The van der Waals surface area contributed by atoms with E-state index in [1.54, 1.807) is 48.7 Å². The van der Waals surface area contributed by atoms with E-state index in [-0.39, 0.29) is 16.5 Å². The molecule has 1 aromatic heterocycles. The molecule has 2 amide bonds. The Bertz CT molecular complexity index is 1440. The van der Waals surface area contributed by atoms with Crippen molar-refractivity contribution in [2.24, 2.45) is 0 Å². The van der Waals surface area contributed by atoms with Crippen LogP contribution in [0.5, 0.6) is 0 Å². The summed E-state index contributed by atoms with van der Waals surface area (Å²) in [5.41, 5.74) is 2.92. The summed E-state index contributed by atoms with van der Waals surface area (Å²) in [4.78, 5) is 36.9. The van der Waals surface area contributed by atoms with Crippen LogP contribution in [0.15, 0.2) is 66.9 Å². The van der Waals surface area contributed by atoms with Crippen molar-refractivity contribution in [2.45, 2.75) is 12.8 Å². The maximum atomic E-state index is 13.6. The summed E-state index contributed by atoms with van der Waals surface area (Å²) in [6.07, 6.45) is 4.04. The van der Waals surface area contributed by atoms with Gasteiger partial charge in [-0.3, -0.25) is 9.78 Å². The number of halogens is 2. The number of ketones is 1. The molecule has 0 radical (unpaired) electrons. The number of hydrogen-bond acceptors (Lipinski definition) is 5. The fraction of sp³-hybridized carbons (Fsp3) is 0.154. The molecule has 0 spiro atoms. The number of hydrogen-bond donors (Lipinski definition) is 2. The minimum absolute atomic E-state index is 0.0332. The van der Waals surface area contributed by atoms with Gasteiger partial charge in [0.25, 0.3) is 0 Å². The van der Waals surface area contributed by atoms with Gasteiger partial charge in [0.1, 0.15) is 11.6 Å². The Morgan fingerprint density at radius 2 is 1.63 bits per heavy atom. The zero-order valence-corrected chi connectivity index (χ0v) is 19.3. The molecule has 35 heavy (non-hydrogen) atoms. The minimum Gasteiger partial charge on any atom is -0.355 e. The smallest absolute Gasteiger partial charge is 0.323 e. The van der Waals surface area contributed by atoms with E-state index in [4.69, 9.17) is 16.6 Å². The first kappa shape index (κ1) is 22.7. The molecule has 7 nitrogen and oxygen atoms in total. The molecule has 0 atom stereocenters. The van der Waals surface area contributed by atoms with Crippen molar-refractivity contribution in [2.75, 3.05) is 28.6 Å². The SMILES string of the molecule is O=C(Nc1cccc(C(=O)c2ccc3ncc(N4CCCC4)nc3c2)c1)Nc1ccc(Cl)c(F)c1. The van der Waals surface area contributed by atoms with E-state index in [1.807, 2.05) is 0 Å². The third-order valence-corrected chi connectivity index (χ3v) is 6.09. The van der Waals surface area contributed by atoms with E-state index >= 15 is 0 Å². The second-order valence-electron chi connectivity index (χ2n) is 8.24. The number of carbonyl (C=O) groups excluding carboxylic acids is 2. The molecule has 1 fully saturated rings. The van der Waals surface area contributed by atoms with Gasteiger partial charge in [-0.25, -0.2) is 14.2 Å². The molecule has 4 aromatic rings.